The normalized spacial score (nSPS) is 10.2. The van der Waals surface area contributed by atoms with E-state index >= 15 is 0 Å². The van der Waals surface area contributed by atoms with Crippen molar-refractivity contribution in [3.63, 3.8) is 0 Å². The highest BCUT2D eigenvalue weighted by Crippen LogP contribution is 2.24. The maximum Gasteiger partial charge on any atom is 0.266 e. The SMILES string of the molecule is Cc1ccc(NC(=O)c2sccc2Br)cc1C(N)=O. The van der Waals surface area contributed by atoms with E-state index in [2.05, 4.69) is 21.2 Å². The van der Waals surface area contributed by atoms with Crippen molar-refractivity contribution in [3.05, 3.63) is 50.1 Å². The highest BCUT2D eigenvalue weighted by molar-refractivity contribution is 9.10. The molecule has 0 radical (unpaired) electrons. The Bertz CT molecular complexity index is 652. The molecule has 3 N–H and O–H groups in total. The van der Waals surface area contributed by atoms with Crippen molar-refractivity contribution < 1.29 is 9.59 Å². The van der Waals surface area contributed by atoms with Crippen LogP contribution in [0.1, 0.15) is 25.6 Å². The lowest BCUT2D eigenvalue weighted by Crippen LogP contribution is -2.15. The van der Waals surface area contributed by atoms with Crippen molar-refractivity contribution in [1.29, 1.82) is 0 Å². The zero-order valence-electron chi connectivity index (χ0n) is 10.1. The molecule has 98 valence electrons. The van der Waals surface area contributed by atoms with E-state index in [9.17, 15) is 9.59 Å². The molecule has 1 aromatic heterocycles. The Labute approximate surface area is 122 Å². The highest BCUT2D eigenvalue weighted by atomic mass is 79.9. The summed E-state index contributed by atoms with van der Waals surface area (Å²) in [6.45, 7) is 1.79. The van der Waals surface area contributed by atoms with Crippen LogP contribution >= 0.6 is 27.3 Å². The molecule has 0 aliphatic carbocycles. The van der Waals surface area contributed by atoms with Gasteiger partial charge in [-0.05, 0) is 52.0 Å². The second-order valence-corrected chi connectivity index (χ2v) is 5.72. The number of hydrogen-bond acceptors (Lipinski definition) is 3. The number of amides is 2. The number of halogens is 1. The van der Waals surface area contributed by atoms with E-state index in [0.29, 0.717) is 16.1 Å². The summed E-state index contributed by atoms with van der Waals surface area (Å²) in [5.74, 6) is -0.730. The quantitative estimate of drug-likeness (QED) is 0.902. The van der Waals surface area contributed by atoms with Crippen LogP contribution in [0.3, 0.4) is 0 Å². The van der Waals surface area contributed by atoms with E-state index in [1.165, 1.54) is 11.3 Å². The van der Waals surface area contributed by atoms with Gasteiger partial charge in [-0.3, -0.25) is 9.59 Å². The Morgan fingerprint density at radius 3 is 2.63 bits per heavy atom. The van der Waals surface area contributed by atoms with E-state index < -0.39 is 5.91 Å². The smallest absolute Gasteiger partial charge is 0.266 e. The van der Waals surface area contributed by atoms with Crippen LogP contribution in [0.4, 0.5) is 5.69 Å². The minimum atomic E-state index is -0.508. The summed E-state index contributed by atoms with van der Waals surface area (Å²) in [5.41, 5.74) is 7.01. The molecule has 6 heteroatoms. The summed E-state index contributed by atoms with van der Waals surface area (Å²) in [6, 6.07) is 6.88. The second-order valence-electron chi connectivity index (χ2n) is 3.95. The zero-order chi connectivity index (χ0) is 14.0. The Morgan fingerprint density at radius 1 is 1.32 bits per heavy atom. The van der Waals surface area contributed by atoms with Crippen molar-refractivity contribution in [2.24, 2.45) is 5.73 Å². The van der Waals surface area contributed by atoms with Gasteiger partial charge in [0.15, 0.2) is 0 Å². The zero-order valence-corrected chi connectivity index (χ0v) is 12.5. The van der Waals surface area contributed by atoms with E-state index in [-0.39, 0.29) is 5.91 Å². The predicted molar refractivity (Wildman–Crippen MR) is 79.7 cm³/mol. The molecule has 2 rings (SSSR count). The van der Waals surface area contributed by atoms with E-state index in [4.69, 9.17) is 5.73 Å². The first-order chi connectivity index (χ1) is 8.99. The topological polar surface area (TPSA) is 72.2 Å². The third-order valence-corrected chi connectivity index (χ3v) is 4.42. The number of hydrogen-bond donors (Lipinski definition) is 2. The van der Waals surface area contributed by atoms with Crippen molar-refractivity contribution >= 4 is 44.8 Å². The molecule has 0 fully saturated rings. The highest BCUT2D eigenvalue weighted by Gasteiger charge is 2.13. The van der Waals surface area contributed by atoms with Gasteiger partial charge in [0.1, 0.15) is 4.88 Å². The third-order valence-electron chi connectivity index (χ3n) is 2.58. The Morgan fingerprint density at radius 2 is 2.05 bits per heavy atom. The molecule has 0 spiro atoms. The molecule has 0 aliphatic heterocycles. The summed E-state index contributed by atoms with van der Waals surface area (Å²) < 4.78 is 0.747. The predicted octanol–water partition coefficient (Wildman–Crippen LogP) is 3.17. The van der Waals surface area contributed by atoms with Gasteiger partial charge in [0, 0.05) is 15.7 Å². The third kappa shape index (κ3) is 3.02. The van der Waals surface area contributed by atoms with Gasteiger partial charge in [0.2, 0.25) is 5.91 Å². The Balaban J connectivity index is 2.25. The first-order valence-electron chi connectivity index (χ1n) is 5.44. The van der Waals surface area contributed by atoms with Crippen LogP contribution < -0.4 is 11.1 Å². The molecule has 0 saturated heterocycles. The summed E-state index contributed by atoms with van der Waals surface area (Å²) in [4.78, 5) is 23.8. The first-order valence-corrected chi connectivity index (χ1v) is 7.11. The first kappa shape index (κ1) is 13.8. The fourth-order valence-electron chi connectivity index (χ4n) is 1.61. The number of carbonyl (C=O) groups is 2. The van der Waals surface area contributed by atoms with Gasteiger partial charge in [0.05, 0.1) is 0 Å². The van der Waals surface area contributed by atoms with E-state index in [1.807, 2.05) is 11.4 Å². The summed E-state index contributed by atoms with van der Waals surface area (Å²) in [6.07, 6.45) is 0. The molecular weight excluding hydrogens is 328 g/mol. The maximum absolute atomic E-state index is 12.0. The summed E-state index contributed by atoms with van der Waals surface area (Å²) in [7, 11) is 0. The lowest BCUT2D eigenvalue weighted by Gasteiger charge is -2.07. The van der Waals surface area contributed by atoms with Crippen LogP contribution in [0.2, 0.25) is 0 Å². The molecule has 0 saturated carbocycles. The molecule has 0 unspecified atom stereocenters. The van der Waals surface area contributed by atoms with Gasteiger partial charge >= 0.3 is 0 Å². The van der Waals surface area contributed by atoms with Crippen LogP contribution in [0.5, 0.6) is 0 Å². The fraction of sp³-hybridized carbons (Fsp3) is 0.0769. The van der Waals surface area contributed by atoms with Crippen molar-refractivity contribution in [1.82, 2.24) is 0 Å². The number of aryl methyl sites for hydroxylation is 1. The molecule has 0 aliphatic rings. The summed E-state index contributed by atoms with van der Waals surface area (Å²) in [5, 5.41) is 4.56. The number of rotatable bonds is 3. The average Bonchev–Trinajstić information content (AvgIpc) is 2.77. The van der Waals surface area contributed by atoms with E-state index in [0.717, 1.165) is 10.0 Å². The van der Waals surface area contributed by atoms with Crippen molar-refractivity contribution in [2.75, 3.05) is 5.32 Å². The van der Waals surface area contributed by atoms with E-state index in [1.54, 1.807) is 25.1 Å². The molecule has 0 atom stereocenters. The number of carbonyl (C=O) groups excluding carboxylic acids is 2. The second kappa shape index (κ2) is 5.54. The van der Waals surface area contributed by atoms with Gasteiger partial charge in [-0.25, -0.2) is 0 Å². The average molecular weight is 339 g/mol. The number of primary amides is 1. The van der Waals surface area contributed by atoms with Crippen molar-refractivity contribution in [3.8, 4) is 0 Å². The van der Waals surface area contributed by atoms with Crippen molar-refractivity contribution in [2.45, 2.75) is 6.92 Å². The van der Waals surface area contributed by atoms with Crippen LogP contribution in [0.15, 0.2) is 34.1 Å². The van der Waals surface area contributed by atoms with Crippen LogP contribution in [-0.2, 0) is 0 Å². The van der Waals surface area contributed by atoms with Crippen LogP contribution in [-0.4, -0.2) is 11.8 Å². The van der Waals surface area contributed by atoms with Gasteiger partial charge < -0.3 is 11.1 Å². The fourth-order valence-corrected chi connectivity index (χ4v) is 3.06. The molecule has 2 amide bonds. The number of nitrogens with one attached hydrogen (secondary N) is 1. The maximum atomic E-state index is 12.0. The van der Waals surface area contributed by atoms with Crippen LogP contribution in [0.25, 0.3) is 0 Å². The number of thiophene rings is 1. The largest absolute Gasteiger partial charge is 0.366 e. The monoisotopic (exact) mass is 338 g/mol. The Kier molecular flexibility index (Phi) is 4.01. The molecule has 1 heterocycles. The Hall–Kier alpha value is -1.66. The van der Waals surface area contributed by atoms with Gasteiger partial charge in [-0.1, -0.05) is 6.07 Å². The molecule has 1 aromatic carbocycles. The standard InChI is InChI=1S/C13H11BrN2O2S/c1-7-2-3-8(6-9(7)12(15)17)16-13(18)11-10(14)4-5-19-11/h2-6H,1H3,(H2,15,17)(H,16,18). The lowest BCUT2D eigenvalue weighted by molar-refractivity contribution is 0.0996. The van der Waals surface area contributed by atoms with Crippen LogP contribution in [0, 0.1) is 6.92 Å². The molecule has 2 aromatic rings. The molecule has 0 bridgehead atoms. The number of anilines is 1. The minimum Gasteiger partial charge on any atom is -0.366 e. The van der Waals surface area contributed by atoms with Gasteiger partial charge in [0.25, 0.3) is 5.91 Å². The minimum absolute atomic E-state index is 0.221. The molecule has 19 heavy (non-hydrogen) atoms. The summed E-state index contributed by atoms with van der Waals surface area (Å²) >= 11 is 4.65. The molecule has 4 nitrogen and oxygen atoms in total. The number of benzene rings is 1. The lowest BCUT2D eigenvalue weighted by atomic mass is 10.1. The van der Waals surface area contributed by atoms with Gasteiger partial charge in [-0.2, -0.15) is 0 Å². The molecular formula is C13H11BrN2O2S. The number of nitrogens with two attached hydrogens (primary N) is 1. The van der Waals surface area contributed by atoms with Gasteiger partial charge in [-0.15, -0.1) is 11.3 Å².